The van der Waals surface area contributed by atoms with E-state index >= 15 is 0 Å². The Balaban J connectivity index is 2.34. The van der Waals surface area contributed by atoms with E-state index in [4.69, 9.17) is 5.73 Å². The summed E-state index contributed by atoms with van der Waals surface area (Å²) < 4.78 is 0. The van der Waals surface area contributed by atoms with Crippen LogP contribution >= 0.6 is 0 Å². The topological polar surface area (TPSA) is 87.5 Å². The number of nitrogens with zero attached hydrogens (tertiary/aromatic N) is 1. The van der Waals surface area contributed by atoms with Gasteiger partial charge in [-0.15, -0.1) is 0 Å². The molecule has 0 aliphatic carbocycles. The Morgan fingerprint density at radius 2 is 2.16 bits per heavy atom. The van der Waals surface area contributed by atoms with Gasteiger partial charge >= 0.3 is 6.03 Å². The van der Waals surface area contributed by atoms with Gasteiger partial charge in [-0.05, 0) is 38.8 Å². The molecule has 6 heteroatoms. The van der Waals surface area contributed by atoms with Gasteiger partial charge in [-0.2, -0.15) is 0 Å². The molecule has 1 unspecified atom stereocenters. The number of carbonyl (C=O) groups is 2. The standard InChI is InChI=1S/C13H26N4O2/c1-2-8-15-13(19)16-12(18)10-17-9-4-3-5-11(17)6-7-14/h11H,2-10,14H2,1H3,(H2,15,16,18,19). The second kappa shape index (κ2) is 8.87. The minimum atomic E-state index is -0.403. The van der Waals surface area contributed by atoms with Crippen LogP contribution in [0.3, 0.4) is 0 Å². The summed E-state index contributed by atoms with van der Waals surface area (Å²) in [6.45, 7) is 4.38. The van der Waals surface area contributed by atoms with Gasteiger partial charge in [-0.25, -0.2) is 4.79 Å². The Bertz CT molecular complexity index is 294. The predicted octanol–water partition coefficient (Wildman–Crippen LogP) is 0.426. The maximum Gasteiger partial charge on any atom is 0.321 e. The maximum atomic E-state index is 11.8. The zero-order valence-electron chi connectivity index (χ0n) is 11.8. The third kappa shape index (κ3) is 6.02. The van der Waals surface area contributed by atoms with Gasteiger partial charge in [0.25, 0.3) is 0 Å². The number of likely N-dealkylation sites (tertiary alicyclic amines) is 1. The average Bonchev–Trinajstić information content (AvgIpc) is 2.39. The highest BCUT2D eigenvalue weighted by Crippen LogP contribution is 2.18. The van der Waals surface area contributed by atoms with Gasteiger partial charge in [0.2, 0.25) is 5.91 Å². The third-order valence-electron chi connectivity index (χ3n) is 3.38. The Kier molecular flexibility index (Phi) is 7.43. The van der Waals surface area contributed by atoms with Crippen LogP contribution in [0.4, 0.5) is 4.79 Å². The third-order valence-corrected chi connectivity index (χ3v) is 3.38. The first-order valence-corrected chi connectivity index (χ1v) is 7.19. The second-order valence-corrected chi connectivity index (χ2v) is 5.00. The highest BCUT2D eigenvalue weighted by molar-refractivity contribution is 5.95. The highest BCUT2D eigenvalue weighted by atomic mass is 16.2. The lowest BCUT2D eigenvalue weighted by Gasteiger charge is -2.34. The van der Waals surface area contributed by atoms with E-state index in [2.05, 4.69) is 15.5 Å². The van der Waals surface area contributed by atoms with Crippen molar-refractivity contribution in [2.75, 3.05) is 26.2 Å². The average molecular weight is 270 g/mol. The Hall–Kier alpha value is -1.14. The fourth-order valence-corrected chi connectivity index (χ4v) is 2.42. The van der Waals surface area contributed by atoms with E-state index in [1.807, 2.05) is 6.92 Å². The number of rotatable bonds is 6. The molecule has 3 amide bonds. The minimum absolute atomic E-state index is 0.238. The van der Waals surface area contributed by atoms with Crippen LogP contribution in [-0.2, 0) is 4.79 Å². The molecule has 4 N–H and O–H groups in total. The highest BCUT2D eigenvalue weighted by Gasteiger charge is 2.23. The number of urea groups is 1. The molecule has 6 nitrogen and oxygen atoms in total. The second-order valence-electron chi connectivity index (χ2n) is 5.00. The lowest BCUT2D eigenvalue weighted by atomic mass is 9.99. The summed E-state index contributed by atoms with van der Waals surface area (Å²) in [4.78, 5) is 25.3. The largest absolute Gasteiger partial charge is 0.338 e. The van der Waals surface area contributed by atoms with Crippen molar-refractivity contribution in [2.45, 2.75) is 45.1 Å². The maximum absolute atomic E-state index is 11.8. The monoisotopic (exact) mass is 270 g/mol. The van der Waals surface area contributed by atoms with Crippen LogP contribution in [0.2, 0.25) is 0 Å². The van der Waals surface area contributed by atoms with Crippen LogP contribution < -0.4 is 16.4 Å². The number of nitrogens with two attached hydrogens (primary N) is 1. The molecule has 0 spiro atoms. The fourth-order valence-electron chi connectivity index (χ4n) is 2.42. The number of carbonyl (C=O) groups excluding carboxylic acids is 2. The molecule has 1 fully saturated rings. The molecule has 1 atom stereocenters. The van der Waals surface area contributed by atoms with Gasteiger partial charge in [0, 0.05) is 12.6 Å². The van der Waals surface area contributed by atoms with Crippen LogP contribution in [0.15, 0.2) is 0 Å². The summed E-state index contributed by atoms with van der Waals surface area (Å²) in [6.07, 6.45) is 5.16. The van der Waals surface area contributed by atoms with E-state index < -0.39 is 6.03 Å². The van der Waals surface area contributed by atoms with Crippen molar-refractivity contribution in [2.24, 2.45) is 5.73 Å². The van der Waals surface area contributed by atoms with Gasteiger partial charge < -0.3 is 11.1 Å². The summed E-state index contributed by atoms with van der Waals surface area (Å²) in [6, 6.07) is -0.0255. The van der Waals surface area contributed by atoms with Crippen LogP contribution in [-0.4, -0.2) is 49.1 Å². The quantitative estimate of drug-likeness (QED) is 0.653. The van der Waals surface area contributed by atoms with Gasteiger partial charge in [0.05, 0.1) is 6.54 Å². The Morgan fingerprint density at radius 3 is 2.84 bits per heavy atom. The molecule has 0 bridgehead atoms. The van der Waals surface area contributed by atoms with Gasteiger partial charge in [-0.1, -0.05) is 13.3 Å². The van der Waals surface area contributed by atoms with Gasteiger partial charge in [0.1, 0.15) is 0 Å². The fraction of sp³-hybridized carbons (Fsp3) is 0.846. The van der Waals surface area contributed by atoms with Crippen LogP contribution in [0.1, 0.15) is 39.0 Å². The van der Waals surface area contributed by atoms with E-state index in [0.717, 1.165) is 32.2 Å². The first kappa shape index (κ1) is 15.9. The number of imide groups is 1. The van der Waals surface area contributed by atoms with Crippen LogP contribution in [0.25, 0.3) is 0 Å². The molecule has 0 aromatic rings. The molecule has 1 saturated heterocycles. The molecule has 0 aromatic heterocycles. The van der Waals surface area contributed by atoms with Crippen LogP contribution in [0, 0.1) is 0 Å². The molecule has 1 heterocycles. The van der Waals surface area contributed by atoms with Crippen molar-refractivity contribution < 1.29 is 9.59 Å². The number of nitrogens with one attached hydrogen (secondary N) is 2. The van der Waals surface area contributed by atoms with E-state index in [0.29, 0.717) is 19.1 Å². The van der Waals surface area contributed by atoms with Gasteiger partial charge in [-0.3, -0.25) is 15.0 Å². The molecular weight excluding hydrogens is 244 g/mol. The zero-order valence-corrected chi connectivity index (χ0v) is 11.8. The summed E-state index contributed by atoms with van der Waals surface area (Å²) in [5.41, 5.74) is 5.60. The number of hydrogen-bond donors (Lipinski definition) is 3. The van der Waals surface area contributed by atoms with Crippen molar-refractivity contribution >= 4 is 11.9 Å². The molecule has 110 valence electrons. The Labute approximate surface area is 115 Å². The molecule has 1 aliphatic heterocycles. The smallest absolute Gasteiger partial charge is 0.321 e. The van der Waals surface area contributed by atoms with Crippen molar-refractivity contribution in [3.8, 4) is 0 Å². The first-order chi connectivity index (χ1) is 9.17. The summed E-state index contributed by atoms with van der Waals surface area (Å²) in [5, 5.41) is 4.99. The first-order valence-electron chi connectivity index (χ1n) is 7.19. The summed E-state index contributed by atoms with van der Waals surface area (Å²) in [7, 11) is 0. The van der Waals surface area contributed by atoms with Crippen molar-refractivity contribution in [3.63, 3.8) is 0 Å². The summed E-state index contributed by atoms with van der Waals surface area (Å²) in [5.74, 6) is -0.238. The normalized spacial score (nSPS) is 20.0. The van der Waals surface area contributed by atoms with E-state index in [1.165, 1.54) is 6.42 Å². The predicted molar refractivity (Wildman–Crippen MR) is 74.7 cm³/mol. The Morgan fingerprint density at radius 1 is 1.37 bits per heavy atom. The zero-order chi connectivity index (χ0) is 14.1. The molecule has 0 saturated carbocycles. The SMILES string of the molecule is CCCNC(=O)NC(=O)CN1CCCCC1CCN. The molecule has 19 heavy (non-hydrogen) atoms. The molecule has 0 radical (unpaired) electrons. The summed E-state index contributed by atoms with van der Waals surface area (Å²) >= 11 is 0. The van der Waals surface area contributed by atoms with Gasteiger partial charge in [0.15, 0.2) is 0 Å². The number of amides is 3. The van der Waals surface area contributed by atoms with Crippen LogP contribution in [0.5, 0.6) is 0 Å². The van der Waals surface area contributed by atoms with Crippen molar-refractivity contribution in [1.82, 2.24) is 15.5 Å². The molecule has 0 aromatic carbocycles. The molecule has 1 rings (SSSR count). The number of piperidine rings is 1. The van der Waals surface area contributed by atoms with E-state index in [1.54, 1.807) is 0 Å². The molecule has 1 aliphatic rings. The van der Waals surface area contributed by atoms with Crippen molar-refractivity contribution in [1.29, 1.82) is 0 Å². The lowest BCUT2D eigenvalue weighted by molar-refractivity contribution is -0.122. The number of hydrogen-bond acceptors (Lipinski definition) is 4. The molecular formula is C13H26N4O2. The lowest BCUT2D eigenvalue weighted by Crippen LogP contribution is -2.49. The van der Waals surface area contributed by atoms with Crippen molar-refractivity contribution in [3.05, 3.63) is 0 Å². The van der Waals surface area contributed by atoms with E-state index in [-0.39, 0.29) is 12.5 Å². The van der Waals surface area contributed by atoms with E-state index in [9.17, 15) is 9.59 Å². The minimum Gasteiger partial charge on any atom is -0.338 e.